The van der Waals surface area contributed by atoms with Crippen LogP contribution in [0.15, 0.2) is 12.3 Å². The molecule has 0 aliphatic carbocycles. The molecule has 3 nitrogen and oxygen atoms in total. The Kier molecular flexibility index (Phi) is 4.58. The van der Waals surface area contributed by atoms with Crippen molar-refractivity contribution in [2.45, 2.75) is 39.2 Å². The molecule has 1 fully saturated rings. The number of anilines is 1. The smallest absolute Gasteiger partial charge is 0.168 e. The van der Waals surface area contributed by atoms with Crippen molar-refractivity contribution in [3.63, 3.8) is 0 Å². The van der Waals surface area contributed by atoms with E-state index in [1.165, 1.54) is 0 Å². The monoisotopic (exact) mass is 283 g/mol. The fraction of sp³-hybridized carbons (Fsp3) is 0.667. The summed E-state index contributed by atoms with van der Waals surface area (Å²) in [5.41, 5.74) is 0.0850. The normalized spacial score (nSPS) is 20.2. The Labute approximate surface area is 119 Å². The number of pyridine rings is 1. The van der Waals surface area contributed by atoms with Gasteiger partial charge in [-0.1, -0.05) is 0 Å². The lowest BCUT2D eigenvalue weighted by Gasteiger charge is -2.35. The molecule has 1 aliphatic rings. The third-order valence-electron chi connectivity index (χ3n) is 3.53. The fourth-order valence-corrected chi connectivity index (χ4v) is 2.51. The van der Waals surface area contributed by atoms with Gasteiger partial charge in [-0.25, -0.2) is 13.8 Å². The standard InChI is InChI=1S/C15H23F2N3/c1-15(2,3)19-8-11-5-4-6-20(10-11)14-13(17)7-12(16)9-18-14/h7,9,11,19H,4-6,8,10H2,1-3H3. The molecule has 1 aliphatic heterocycles. The van der Waals surface area contributed by atoms with Gasteiger partial charge in [0, 0.05) is 31.2 Å². The van der Waals surface area contributed by atoms with E-state index in [4.69, 9.17) is 0 Å². The summed E-state index contributed by atoms with van der Waals surface area (Å²) < 4.78 is 26.7. The second-order valence-electron chi connectivity index (χ2n) is 6.54. The molecule has 1 unspecified atom stereocenters. The van der Waals surface area contributed by atoms with Crippen LogP contribution in [-0.4, -0.2) is 30.2 Å². The minimum atomic E-state index is -0.630. The molecule has 0 saturated carbocycles. The summed E-state index contributed by atoms with van der Waals surface area (Å²) in [6, 6.07) is 0.902. The Bertz CT molecular complexity index is 457. The molecule has 112 valence electrons. The minimum absolute atomic E-state index is 0.0850. The highest BCUT2D eigenvalue weighted by molar-refractivity contribution is 5.40. The van der Waals surface area contributed by atoms with E-state index >= 15 is 0 Å². The van der Waals surface area contributed by atoms with Crippen LogP contribution in [0.4, 0.5) is 14.6 Å². The SMILES string of the molecule is CC(C)(C)NCC1CCCN(c2ncc(F)cc2F)C1. The molecule has 1 N–H and O–H groups in total. The van der Waals surface area contributed by atoms with Crippen LogP contribution in [0.3, 0.4) is 0 Å². The van der Waals surface area contributed by atoms with Gasteiger partial charge in [-0.3, -0.25) is 0 Å². The molecule has 0 bridgehead atoms. The minimum Gasteiger partial charge on any atom is -0.354 e. The molecule has 0 spiro atoms. The zero-order valence-corrected chi connectivity index (χ0v) is 12.4. The summed E-state index contributed by atoms with van der Waals surface area (Å²) in [4.78, 5) is 5.82. The second kappa shape index (κ2) is 6.04. The third-order valence-corrected chi connectivity index (χ3v) is 3.53. The average Bonchev–Trinajstić information content (AvgIpc) is 2.36. The van der Waals surface area contributed by atoms with Crippen LogP contribution in [0, 0.1) is 17.6 Å². The van der Waals surface area contributed by atoms with Crippen molar-refractivity contribution in [2.24, 2.45) is 5.92 Å². The highest BCUT2D eigenvalue weighted by Crippen LogP contribution is 2.24. The number of hydrogen-bond donors (Lipinski definition) is 1. The largest absolute Gasteiger partial charge is 0.354 e. The summed E-state index contributed by atoms with van der Waals surface area (Å²) in [5.74, 6) is -0.468. The Balaban J connectivity index is 1.99. The summed E-state index contributed by atoms with van der Waals surface area (Å²) in [7, 11) is 0. The zero-order valence-electron chi connectivity index (χ0n) is 12.4. The lowest BCUT2D eigenvalue weighted by atomic mass is 9.96. The van der Waals surface area contributed by atoms with E-state index in [9.17, 15) is 8.78 Å². The van der Waals surface area contributed by atoms with E-state index in [1.807, 2.05) is 4.90 Å². The molecule has 1 aromatic heterocycles. The maximum absolute atomic E-state index is 13.8. The van der Waals surface area contributed by atoms with Crippen LogP contribution < -0.4 is 10.2 Å². The maximum Gasteiger partial charge on any atom is 0.168 e. The zero-order chi connectivity index (χ0) is 14.8. The van der Waals surface area contributed by atoms with E-state index < -0.39 is 11.6 Å². The summed E-state index contributed by atoms with van der Waals surface area (Å²) in [6.07, 6.45) is 3.22. The highest BCUT2D eigenvalue weighted by Gasteiger charge is 2.24. The molecule has 0 radical (unpaired) electrons. The topological polar surface area (TPSA) is 28.2 Å². The molecular formula is C15H23F2N3. The van der Waals surface area contributed by atoms with Gasteiger partial charge in [-0.2, -0.15) is 0 Å². The summed E-state index contributed by atoms with van der Waals surface area (Å²) >= 11 is 0. The number of nitrogens with one attached hydrogen (secondary N) is 1. The first-order chi connectivity index (χ1) is 9.35. The number of aromatic nitrogens is 1. The van der Waals surface area contributed by atoms with E-state index in [0.29, 0.717) is 5.92 Å². The molecule has 1 saturated heterocycles. The molecule has 0 amide bonds. The average molecular weight is 283 g/mol. The van der Waals surface area contributed by atoms with Gasteiger partial charge >= 0.3 is 0 Å². The van der Waals surface area contributed by atoms with E-state index in [-0.39, 0.29) is 11.4 Å². The maximum atomic E-state index is 13.8. The number of nitrogens with zero attached hydrogens (tertiary/aromatic N) is 2. The summed E-state index contributed by atoms with van der Waals surface area (Å²) in [6.45, 7) is 8.85. The molecule has 20 heavy (non-hydrogen) atoms. The van der Waals surface area contributed by atoms with Gasteiger partial charge in [0.25, 0.3) is 0 Å². The highest BCUT2D eigenvalue weighted by atomic mass is 19.1. The van der Waals surface area contributed by atoms with Crippen molar-refractivity contribution in [2.75, 3.05) is 24.5 Å². The fourth-order valence-electron chi connectivity index (χ4n) is 2.51. The van der Waals surface area contributed by atoms with E-state index in [1.54, 1.807) is 0 Å². The third kappa shape index (κ3) is 4.13. The Morgan fingerprint density at radius 3 is 2.80 bits per heavy atom. The lowest BCUT2D eigenvalue weighted by molar-refractivity contribution is 0.333. The summed E-state index contributed by atoms with van der Waals surface area (Å²) in [5, 5.41) is 3.49. The first kappa shape index (κ1) is 15.2. The number of hydrogen-bond acceptors (Lipinski definition) is 3. The van der Waals surface area contributed by atoms with E-state index in [2.05, 4.69) is 31.1 Å². The molecule has 2 heterocycles. The van der Waals surface area contributed by atoms with E-state index in [0.717, 1.165) is 44.7 Å². The second-order valence-corrected chi connectivity index (χ2v) is 6.54. The number of halogens is 2. The first-order valence-corrected chi connectivity index (χ1v) is 7.16. The van der Waals surface area contributed by atoms with Crippen LogP contribution in [-0.2, 0) is 0 Å². The van der Waals surface area contributed by atoms with Crippen LogP contribution in [0.5, 0.6) is 0 Å². The Morgan fingerprint density at radius 1 is 1.40 bits per heavy atom. The van der Waals surface area contributed by atoms with Crippen LogP contribution in [0.2, 0.25) is 0 Å². The van der Waals surface area contributed by atoms with Crippen LogP contribution in [0.1, 0.15) is 33.6 Å². The van der Waals surface area contributed by atoms with Gasteiger partial charge in [0.15, 0.2) is 11.6 Å². The Morgan fingerprint density at radius 2 is 2.15 bits per heavy atom. The van der Waals surface area contributed by atoms with Crippen molar-refractivity contribution < 1.29 is 8.78 Å². The van der Waals surface area contributed by atoms with Gasteiger partial charge < -0.3 is 10.2 Å². The predicted octanol–water partition coefficient (Wildman–Crippen LogP) is 2.96. The molecule has 5 heteroatoms. The van der Waals surface area contributed by atoms with Gasteiger partial charge in [-0.15, -0.1) is 0 Å². The molecule has 0 aromatic carbocycles. The van der Waals surface area contributed by atoms with Crippen molar-refractivity contribution in [3.8, 4) is 0 Å². The van der Waals surface area contributed by atoms with Crippen molar-refractivity contribution in [1.29, 1.82) is 0 Å². The predicted molar refractivity (Wildman–Crippen MR) is 76.8 cm³/mol. The quantitative estimate of drug-likeness (QED) is 0.924. The molecule has 1 aromatic rings. The molecular weight excluding hydrogens is 260 g/mol. The van der Waals surface area contributed by atoms with Gasteiger partial charge in [-0.05, 0) is 39.5 Å². The number of rotatable bonds is 3. The van der Waals surface area contributed by atoms with Crippen molar-refractivity contribution >= 4 is 5.82 Å². The van der Waals surface area contributed by atoms with Gasteiger partial charge in [0.2, 0.25) is 0 Å². The Hall–Kier alpha value is -1.23. The first-order valence-electron chi connectivity index (χ1n) is 7.16. The van der Waals surface area contributed by atoms with Gasteiger partial charge in [0.1, 0.15) is 5.82 Å². The van der Waals surface area contributed by atoms with Crippen LogP contribution >= 0.6 is 0 Å². The molecule has 1 atom stereocenters. The van der Waals surface area contributed by atoms with Crippen molar-refractivity contribution in [1.82, 2.24) is 10.3 Å². The lowest BCUT2D eigenvalue weighted by Crippen LogP contribution is -2.45. The van der Waals surface area contributed by atoms with Crippen LogP contribution in [0.25, 0.3) is 0 Å². The van der Waals surface area contributed by atoms with Crippen molar-refractivity contribution in [3.05, 3.63) is 23.9 Å². The van der Waals surface area contributed by atoms with Gasteiger partial charge in [0.05, 0.1) is 6.20 Å². The number of piperidine rings is 1. The molecule has 2 rings (SSSR count).